The number of ether oxygens (including phenoxy) is 1. The number of aromatic nitrogens is 1. The van der Waals surface area contributed by atoms with Crippen LogP contribution >= 0.6 is 0 Å². The van der Waals surface area contributed by atoms with E-state index in [1.54, 1.807) is 0 Å². The molecule has 1 aliphatic rings. The van der Waals surface area contributed by atoms with Gasteiger partial charge in [-0.05, 0) is 23.6 Å². The summed E-state index contributed by atoms with van der Waals surface area (Å²) in [5.41, 5.74) is 1.33. The molecule has 1 aliphatic heterocycles. The minimum atomic E-state index is 0.556. The monoisotopic (exact) mass is 266 g/mol. The molecule has 0 amide bonds. The standard InChI is InChI=1S/C12H18N2O.2C2H6/c1-9(2)11-3-4-13-12(5-11)14-6-10-7-15-8-10;2*1-2/h3-5,9-10H,6-8H2,1-2H3,(H,13,14);2*1-2H3. The molecule has 3 nitrogen and oxygen atoms in total. The van der Waals surface area contributed by atoms with Gasteiger partial charge in [-0.2, -0.15) is 0 Å². The maximum absolute atomic E-state index is 5.12. The van der Waals surface area contributed by atoms with E-state index in [9.17, 15) is 0 Å². The van der Waals surface area contributed by atoms with Crippen LogP contribution in [0.1, 0.15) is 53.0 Å². The first kappa shape index (κ1) is 17.9. The molecule has 2 heterocycles. The largest absolute Gasteiger partial charge is 0.381 e. The van der Waals surface area contributed by atoms with Crippen molar-refractivity contribution in [2.24, 2.45) is 5.92 Å². The molecule has 0 radical (unpaired) electrons. The van der Waals surface area contributed by atoms with Crippen LogP contribution in [0.4, 0.5) is 5.82 Å². The van der Waals surface area contributed by atoms with Gasteiger partial charge in [0.05, 0.1) is 13.2 Å². The molecule has 1 aromatic heterocycles. The fraction of sp³-hybridized carbons (Fsp3) is 0.688. The van der Waals surface area contributed by atoms with E-state index in [0.29, 0.717) is 11.8 Å². The van der Waals surface area contributed by atoms with Gasteiger partial charge in [0.25, 0.3) is 0 Å². The Bertz CT molecular complexity index is 322. The summed E-state index contributed by atoms with van der Waals surface area (Å²) in [7, 11) is 0. The average molecular weight is 266 g/mol. The van der Waals surface area contributed by atoms with Crippen LogP contribution in [0.25, 0.3) is 0 Å². The zero-order valence-electron chi connectivity index (χ0n) is 13.4. The second kappa shape index (κ2) is 10.8. The molecule has 0 spiro atoms. The van der Waals surface area contributed by atoms with E-state index in [-0.39, 0.29) is 0 Å². The second-order valence-electron chi connectivity index (χ2n) is 4.41. The summed E-state index contributed by atoms with van der Waals surface area (Å²) in [5, 5.41) is 3.35. The van der Waals surface area contributed by atoms with E-state index in [4.69, 9.17) is 4.74 Å². The van der Waals surface area contributed by atoms with Gasteiger partial charge in [-0.15, -0.1) is 0 Å². The van der Waals surface area contributed by atoms with Crippen molar-refractivity contribution >= 4 is 5.82 Å². The molecule has 1 saturated heterocycles. The number of rotatable bonds is 4. The van der Waals surface area contributed by atoms with E-state index in [2.05, 4.69) is 36.3 Å². The third-order valence-corrected chi connectivity index (χ3v) is 2.73. The summed E-state index contributed by atoms with van der Waals surface area (Å²) in [6.07, 6.45) is 1.87. The predicted molar refractivity (Wildman–Crippen MR) is 83.8 cm³/mol. The lowest BCUT2D eigenvalue weighted by Crippen LogP contribution is -2.33. The summed E-state index contributed by atoms with van der Waals surface area (Å²) < 4.78 is 5.12. The molecule has 0 bridgehead atoms. The van der Waals surface area contributed by atoms with E-state index in [0.717, 1.165) is 25.6 Å². The van der Waals surface area contributed by atoms with Crippen molar-refractivity contribution in [3.05, 3.63) is 23.9 Å². The van der Waals surface area contributed by atoms with Crippen molar-refractivity contribution in [3.8, 4) is 0 Å². The molecule has 110 valence electrons. The number of pyridine rings is 1. The van der Waals surface area contributed by atoms with E-state index >= 15 is 0 Å². The molecule has 0 aromatic carbocycles. The minimum Gasteiger partial charge on any atom is -0.381 e. The lowest BCUT2D eigenvalue weighted by molar-refractivity contribution is -0.0248. The Kier molecular flexibility index (Phi) is 10.2. The van der Waals surface area contributed by atoms with E-state index in [1.165, 1.54) is 5.56 Å². The van der Waals surface area contributed by atoms with Crippen LogP contribution in [0.3, 0.4) is 0 Å². The van der Waals surface area contributed by atoms with Crippen LogP contribution in [-0.2, 0) is 4.74 Å². The lowest BCUT2D eigenvalue weighted by Gasteiger charge is -2.26. The van der Waals surface area contributed by atoms with Gasteiger partial charge in [0.2, 0.25) is 0 Å². The van der Waals surface area contributed by atoms with Crippen LogP contribution in [0.2, 0.25) is 0 Å². The molecule has 0 unspecified atom stereocenters. The Balaban J connectivity index is 0.000000741. The highest BCUT2D eigenvalue weighted by molar-refractivity contribution is 5.38. The van der Waals surface area contributed by atoms with E-state index in [1.807, 2.05) is 33.9 Å². The van der Waals surface area contributed by atoms with Gasteiger partial charge in [-0.1, -0.05) is 41.5 Å². The van der Waals surface area contributed by atoms with Crippen molar-refractivity contribution in [3.63, 3.8) is 0 Å². The molecule has 1 aromatic rings. The first-order valence-electron chi connectivity index (χ1n) is 7.53. The van der Waals surface area contributed by atoms with Gasteiger partial charge in [-0.25, -0.2) is 4.98 Å². The Morgan fingerprint density at radius 3 is 2.37 bits per heavy atom. The quantitative estimate of drug-likeness (QED) is 0.881. The lowest BCUT2D eigenvalue weighted by atomic mass is 10.0. The maximum Gasteiger partial charge on any atom is 0.126 e. The summed E-state index contributed by atoms with van der Waals surface area (Å²) in [4.78, 5) is 4.30. The van der Waals surface area contributed by atoms with Crippen LogP contribution in [-0.4, -0.2) is 24.7 Å². The molecule has 0 atom stereocenters. The van der Waals surface area contributed by atoms with Crippen LogP contribution in [0.5, 0.6) is 0 Å². The highest BCUT2D eigenvalue weighted by Gasteiger charge is 2.17. The van der Waals surface area contributed by atoms with Crippen molar-refractivity contribution < 1.29 is 4.74 Å². The topological polar surface area (TPSA) is 34.2 Å². The van der Waals surface area contributed by atoms with Crippen molar-refractivity contribution in [1.29, 1.82) is 0 Å². The van der Waals surface area contributed by atoms with Gasteiger partial charge in [-0.3, -0.25) is 0 Å². The van der Waals surface area contributed by atoms with Crippen LogP contribution in [0, 0.1) is 5.92 Å². The maximum atomic E-state index is 5.12. The van der Waals surface area contributed by atoms with Gasteiger partial charge in [0.15, 0.2) is 0 Å². The number of hydrogen-bond acceptors (Lipinski definition) is 3. The summed E-state index contributed by atoms with van der Waals surface area (Å²) in [6, 6.07) is 4.20. The molecule has 2 rings (SSSR count). The normalized spacial score (nSPS) is 13.6. The SMILES string of the molecule is CC.CC.CC(C)c1ccnc(NCC2COC2)c1. The molecular weight excluding hydrogens is 236 g/mol. The molecule has 19 heavy (non-hydrogen) atoms. The summed E-state index contributed by atoms with van der Waals surface area (Å²) >= 11 is 0. The average Bonchev–Trinajstić information content (AvgIpc) is 2.42. The van der Waals surface area contributed by atoms with Crippen LogP contribution < -0.4 is 5.32 Å². The van der Waals surface area contributed by atoms with Gasteiger partial charge in [0, 0.05) is 18.7 Å². The molecule has 3 heteroatoms. The Hall–Kier alpha value is -1.09. The third-order valence-electron chi connectivity index (χ3n) is 2.73. The Morgan fingerprint density at radius 2 is 1.89 bits per heavy atom. The highest BCUT2D eigenvalue weighted by atomic mass is 16.5. The van der Waals surface area contributed by atoms with Gasteiger partial charge >= 0.3 is 0 Å². The number of nitrogens with zero attached hydrogens (tertiary/aromatic N) is 1. The minimum absolute atomic E-state index is 0.556. The summed E-state index contributed by atoms with van der Waals surface area (Å²) in [6.45, 7) is 15.1. The first-order valence-corrected chi connectivity index (χ1v) is 7.53. The molecule has 0 saturated carbocycles. The molecule has 1 fully saturated rings. The Morgan fingerprint density at radius 1 is 1.26 bits per heavy atom. The summed E-state index contributed by atoms with van der Waals surface area (Å²) in [5.74, 6) is 2.20. The molecular formula is C16H30N2O. The number of anilines is 1. The van der Waals surface area contributed by atoms with Crippen molar-refractivity contribution in [2.75, 3.05) is 25.1 Å². The fourth-order valence-corrected chi connectivity index (χ4v) is 1.55. The number of nitrogens with one attached hydrogen (secondary N) is 1. The second-order valence-corrected chi connectivity index (χ2v) is 4.41. The van der Waals surface area contributed by atoms with Crippen LogP contribution in [0.15, 0.2) is 18.3 Å². The van der Waals surface area contributed by atoms with Gasteiger partial charge < -0.3 is 10.1 Å². The smallest absolute Gasteiger partial charge is 0.126 e. The van der Waals surface area contributed by atoms with Crippen molar-refractivity contribution in [2.45, 2.75) is 47.5 Å². The number of hydrogen-bond donors (Lipinski definition) is 1. The van der Waals surface area contributed by atoms with Crippen molar-refractivity contribution in [1.82, 2.24) is 4.98 Å². The fourth-order valence-electron chi connectivity index (χ4n) is 1.55. The predicted octanol–water partition coefficient (Wildman–Crippen LogP) is 4.32. The zero-order valence-corrected chi connectivity index (χ0v) is 13.4. The molecule has 0 aliphatic carbocycles. The first-order chi connectivity index (χ1) is 9.25. The highest BCUT2D eigenvalue weighted by Crippen LogP contribution is 2.17. The molecule has 1 N–H and O–H groups in total. The zero-order chi connectivity index (χ0) is 14.7. The Labute approximate surface area is 118 Å². The van der Waals surface area contributed by atoms with Gasteiger partial charge in [0.1, 0.15) is 5.82 Å². The third kappa shape index (κ3) is 6.58. The van der Waals surface area contributed by atoms with E-state index < -0.39 is 0 Å².